The van der Waals surface area contributed by atoms with Crippen molar-refractivity contribution in [2.24, 2.45) is 0 Å². The second-order valence-electron chi connectivity index (χ2n) is 4.85. The van der Waals surface area contributed by atoms with E-state index in [0.717, 1.165) is 30.8 Å². The number of aromatic nitrogens is 2. The molecular weight excluding hydrogens is 244 g/mol. The minimum Gasteiger partial charge on any atom is -0.393 e. The van der Waals surface area contributed by atoms with E-state index in [1.54, 1.807) is 13.4 Å². The molecule has 0 bridgehead atoms. The second kappa shape index (κ2) is 6.47. The van der Waals surface area contributed by atoms with Crippen LogP contribution in [0.25, 0.3) is 0 Å². The van der Waals surface area contributed by atoms with Crippen LogP contribution in [0, 0.1) is 0 Å². The molecule has 0 unspecified atom stereocenters. The molecule has 0 saturated heterocycles. The second-order valence-corrected chi connectivity index (χ2v) is 4.85. The van der Waals surface area contributed by atoms with Gasteiger partial charge in [-0.3, -0.25) is 4.79 Å². The Morgan fingerprint density at radius 2 is 2.26 bits per heavy atom. The fourth-order valence-electron chi connectivity index (χ4n) is 2.11. The zero-order chi connectivity index (χ0) is 13.7. The van der Waals surface area contributed by atoms with E-state index in [0.29, 0.717) is 18.9 Å². The van der Waals surface area contributed by atoms with Crippen LogP contribution >= 0.6 is 0 Å². The van der Waals surface area contributed by atoms with Crippen molar-refractivity contribution in [3.05, 3.63) is 18.1 Å². The van der Waals surface area contributed by atoms with E-state index < -0.39 is 0 Å². The standard InChI is InChI=1S/C13H20N4O2/c1-14-13(19)3-2-4-15-12-7-11(16-8-17-12)9-5-10(18)6-9/h7-10,18H,2-6H2,1H3,(H,14,19)(H,15,16,17). The molecule has 19 heavy (non-hydrogen) atoms. The van der Waals surface area contributed by atoms with Crippen molar-refractivity contribution < 1.29 is 9.90 Å². The van der Waals surface area contributed by atoms with Crippen LogP contribution in [0.3, 0.4) is 0 Å². The van der Waals surface area contributed by atoms with Gasteiger partial charge in [0.2, 0.25) is 5.91 Å². The lowest BCUT2D eigenvalue weighted by Crippen LogP contribution is -2.27. The first kappa shape index (κ1) is 13.7. The average molecular weight is 264 g/mol. The highest BCUT2D eigenvalue weighted by molar-refractivity contribution is 5.75. The number of carbonyl (C=O) groups is 1. The van der Waals surface area contributed by atoms with Gasteiger partial charge in [-0.1, -0.05) is 0 Å². The van der Waals surface area contributed by atoms with E-state index in [1.807, 2.05) is 6.07 Å². The molecule has 3 N–H and O–H groups in total. The van der Waals surface area contributed by atoms with Crippen molar-refractivity contribution in [3.8, 4) is 0 Å². The Kier molecular flexibility index (Phi) is 4.68. The smallest absolute Gasteiger partial charge is 0.219 e. The van der Waals surface area contributed by atoms with Crippen molar-refractivity contribution in [2.75, 3.05) is 18.9 Å². The number of anilines is 1. The third kappa shape index (κ3) is 3.89. The van der Waals surface area contributed by atoms with Crippen molar-refractivity contribution >= 4 is 11.7 Å². The molecule has 1 aliphatic carbocycles. The molecule has 2 rings (SSSR count). The van der Waals surface area contributed by atoms with Crippen LogP contribution < -0.4 is 10.6 Å². The van der Waals surface area contributed by atoms with E-state index in [4.69, 9.17) is 0 Å². The number of nitrogens with one attached hydrogen (secondary N) is 2. The number of aliphatic hydroxyl groups is 1. The van der Waals surface area contributed by atoms with E-state index in [2.05, 4.69) is 20.6 Å². The summed E-state index contributed by atoms with van der Waals surface area (Å²) in [5.41, 5.74) is 0.981. The Morgan fingerprint density at radius 3 is 2.95 bits per heavy atom. The number of hydrogen-bond acceptors (Lipinski definition) is 5. The highest BCUT2D eigenvalue weighted by Crippen LogP contribution is 2.35. The lowest BCUT2D eigenvalue weighted by Gasteiger charge is -2.30. The van der Waals surface area contributed by atoms with Gasteiger partial charge < -0.3 is 15.7 Å². The first-order valence-electron chi connectivity index (χ1n) is 6.63. The van der Waals surface area contributed by atoms with Gasteiger partial charge >= 0.3 is 0 Å². The molecule has 0 spiro atoms. The van der Waals surface area contributed by atoms with Crippen molar-refractivity contribution in [2.45, 2.75) is 37.7 Å². The normalized spacial score (nSPS) is 21.6. The SMILES string of the molecule is CNC(=O)CCCNc1cc(C2CC(O)C2)ncn1. The highest BCUT2D eigenvalue weighted by Gasteiger charge is 2.29. The fraction of sp³-hybridized carbons (Fsp3) is 0.615. The fourth-order valence-corrected chi connectivity index (χ4v) is 2.11. The summed E-state index contributed by atoms with van der Waals surface area (Å²) in [6.07, 6.45) is 4.21. The zero-order valence-electron chi connectivity index (χ0n) is 11.1. The lowest BCUT2D eigenvalue weighted by atomic mass is 9.80. The Hall–Kier alpha value is -1.69. The van der Waals surface area contributed by atoms with Crippen molar-refractivity contribution in [1.82, 2.24) is 15.3 Å². The van der Waals surface area contributed by atoms with Crippen LogP contribution in [-0.4, -0.2) is 40.7 Å². The number of rotatable bonds is 6. The number of amides is 1. The van der Waals surface area contributed by atoms with Crippen molar-refractivity contribution in [1.29, 1.82) is 0 Å². The third-order valence-corrected chi connectivity index (χ3v) is 3.39. The first-order valence-corrected chi connectivity index (χ1v) is 6.63. The molecule has 0 aliphatic heterocycles. The largest absolute Gasteiger partial charge is 0.393 e. The number of hydrogen-bond donors (Lipinski definition) is 3. The monoisotopic (exact) mass is 264 g/mol. The van der Waals surface area contributed by atoms with Gasteiger partial charge in [-0.25, -0.2) is 9.97 Å². The quantitative estimate of drug-likeness (QED) is 0.657. The van der Waals surface area contributed by atoms with Crippen LogP contribution in [0.5, 0.6) is 0 Å². The van der Waals surface area contributed by atoms with Crippen LogP contribution in [0.1, 0.15) is 37.3 Å². The molecule has 1 aromatic rings. The van der Waals surface area contributed by atoms with Crippen LogP contribution in [-0.2, 0) is 4.79 Å². The van der Waals surface area contributed by atoms with Crippen LogP contribution in [0.4, 0.5) is 5.82 Å². The van der Waals surface area contributed by atoms with E-state index in [9.17, 15) is 9.90 Å². The molecule has 1 aromatic heterocycles. The summed E-state index contributed by atoms with van der Waals surface area (Å²) >= 11 is 0. The molecule has 1 aliphatic rings. The van der Waals surface area contributed by atoms with Gasteiger partial charge in [0.25, 0.3) is 0 Å². The predicted octanol–water partition coefficient (Wildman–Crippen LogP) is 0.653. The van der Waals surface area contributed by atoms with E-state index in [-0.39, 0.29) is 12.0 Å². The van der Waals surface area contributed by atoms with Crippen LogP contribution in [0.15, 0.2) is 12.4 Å². The van der Waals surface area contributed by atoms with E-state index in [1.165, 1.54) is 0 Å². The summed E-state index contributed by atoms with van der Waals surface area (Å²) in [7, 11) is 1.64. The Morgan fingerprint density at radius 1 is 1.47 bits per heavy atom. The van der Waals surface area contributed by atoms with Gasteiger partial charge in [-0.15, -0.1) is 0 Å². The minimum atomic E-state index is -0.177. The maximum Gasteiger partial charge on any atom is 0.219 e. The summed E-state index contributed by atoms with van der Waals surface area (Å²) in [5, 5.41) is 15.1. The van der Waals surface area contributed by atoms with Crippen LogP contribution in [0.2, 0.25) is 0 Å². The number of carbonyl (C=O) groups excluding carboxylic acids is 1. The molecule has 1 saturated carbocycles. The third-order valence-electron chi connectivity index (χ3n) is 3.39. The molecule has 0 radical (unpaired) electrons. The topological polar surface area (TPSA) is 87.1 Å². The Balaban J connectivity index is 1.77. The molecule has 0 aromatic carbocycles. The zero-order valence-corrected chi connectivity index (χ0v) is 11.1. The van der Waals surface area contributed by atoms with Gasteiger partial charge in [0.1, 0.15) is 12.1 Å². The lowest BCUT2D eigenvalue weighted by molar-refractivity contribution is -0.120. The molecule has 1 amide bonds. The summed E-state index contributed by atoms with van der Waals surface area (Å²) < 4.78 is 0. The molecule has 104 valence electrons. The molecule has 6 nitrogen and oxygen atoms in total. The summed E-state index contributed by atoms with van der Waals surface area (Å²) in [6, 6.07) is 1.93. The minimum absolute atomic E-state index is 0.0497. The molecule has 6 heteroatoms. The van der Waals surface area contributed by atoms with Gasteiger partial charge in [0, 0.05) is 37.7 Å². The Bertz CT molecular complexity index is 432. The average Bonchev–Trinajstić information content (AvgIpc) is 2.40. The molecular formula is C13H20N4O2. The summed E-state index contributed by atoms with van der Waals surface area (Å²) in [5.74, 6) is 1.18. The van der Waals surface area contributed by atoms with Gasteiger partial charge in [-0.05, 0) is 19.3 Å². The molecule has 0 atom stereocenters. The number of aliphatic hydroxyl groups excluding tert-OH is 1. The molecule has 1 fully saturated rings. The highest BCUT2D eigenvalue weighted by atomic mass is 16.3. The Labute approximate surface area is 112 Å². The predicted molar refractivity (Wildman–Crippen MR) is 71.8 cm³/mol. The maximum atomic E-state index is 11.1. The first-order chi connectivity index (χ1) is 9.19. The van der Waals surface area contributed by atoms with Gasteiger partial charge in [0.05, 0.1) is 6.10 Å². The van der Waals surface area contributed by atoms with Crippen molar-refractivity contribution in [3.63, 3.8) is 0 Å². The maximum absolute atomic E-state index is 11.1. The van der Waals surface area contributed by atoms with Gasteiger partial charge in [0.15, 0.2) is 0 Å². The van der Waals surface area contributed by atoms with Gasteiger partial charge in [-0.2, -0.15) is 0 Å². The van der Waals surface area contributed by atoms with E-state index >= 15 is 0 Å². The molecule has 1 heterocycles. The summed E-state index contributed by atoms with van der Waals surface area (Å²) in [4.78, 5) is 19.4. The number of nitrogens with zero attached hydrogens (tertiary/aromatic N) is 2. The summed E-state index contributed by atoms with van der Waals surface area (Å²) in [6.45, 7) is 0.706.